The predicted molar refractivity (Wildman–Crippen MR) is 64.6 cm³/mol. The third-order valence-electron chi connectivity index (χ3n) is 3.00. The molecule has 0 aliphatic heterocycles. The van der Waals surface area contributed by atoms with Gasteiger partial charge in [-0.25, -0.2) is 13.1 Å². The molecular formula is C11H23NO3S. The number of sulfonamides is 1. The minimum atomic E-state index is -3.20. The van der Waals surface area contributed by atoms with Gasteiger partial charge in [0.15, 0.2) is 0 Å². The van der Waals surface area contributed by atoms with E-state index in [-0.39, 0.29) is 11.8 Å². The lowest BCUT2D eigenvalue weighted by Crippen LogP contribution is -2.38. The normalized spacial score (nSPS) is 20.5. The minimum absolute atomic E-state index is 0.150. The fourth-order valence-electron chi connectivity index (χ4n) is 2.16. The third kappa shape index (κ3) is 4.39. The monoisotopic (exact) mass is 249 g/mol. The fourth-order valence-corrected chi connectivity index (χ4v) is 3.77. The van der Waals surface area contributed by atoms with E-state index in [2.05, 4.69) is 4.72 Å². The van der Waals surface area contributed by atoms with Crippen LogP contribution in [-0.2, 0) is 10.0 Å². The first-order chi connectivity index (χ1) is 7.42. The van der Waals surface area contributed by atoms with Crippen molar-refractivity contribution in [3.63, 3.8) is 0 Å². The molecule has 96 valence electrons. The molecule has 0 heterocycles. The quantitative estimate of drug-likeness (QED) is 0.744. The van der Waals surface area contributed by atoms with Crippen LogP contribution in [0.1, 0.15) is 46.0 Å². The summed E-state index contributed by atoms with van der Waals surface area (Å²) < 4.78 is 26.1. The average molecular weight is 249 g/mol. The molecule has 0 aromatic rings. The summed E-state index contributed by atoms with van der Waals surface area (Å²) in [6, 6.07) is 0. The molecule has 0 bridgehead atoms. The van der Waals surface area contributed by atoms with Gasteiger partial charge in [-0.2, -0.15) is 0 Å². The van der Waals surface area contributed by atoms with Crippen LogP contribution in [0, 0.1) is 5.92 Å². The van der Waals surface area contributed by atoms with Gasteiger partial charge in [0.1, 0.15) is 0 Å². The standard InChI is InChI=1S/C11H23NO3S/c1-9(2)7-10(13)8-12-16(14,15)11-5-3-4-6-11/h9-13H,3-8H2,1-2H3. The number of hydrogen-bond donors (Lipinski definition) is 2. The lowest BCUT2D eigenvalue weighted by molar-refractivity contribution is 0.152. The first-order valence-electron chi connectivity index (χ1n) is 6.08. The molecule has 1 unspecified atom stereocenters. The molecule has 0 aromatic carbocycles. The molecule has 0 radical (unpaired) electrons. The van der Waals surface area contributed by atoms with Crippen molar-refractivity contribution in [2.75, 3.05) is 6.54 Å². The van der Waals surface area contributed by atoms with Crippen molar-refractivity contribution in [3.05, 3.63) is 0 Å². The number of hydrogen-bond acceptors (Lipinski definition) is 3. The zero-order valence-electron chi connectivity index (χ0n) is 10.1. The molecule has 1 aliphatic carbocycles. The summed E-state index contributed by atoms with van der Waals surface area (Å²) in [4.78, 5) is 0. The zero-order chi connectivity index (χ0) is 12.2. The van der Waals surface area contributed by atoms with Crippen LogP contribution in [0.2, 0.25) is 0 Å². The highest BCUT2D eigenvalue weighted by molar-refractivity contribution is 7.90. The van der Waals surface area contributed by atoms with E-state index in [1.54, 1.807) is 0 Å². The van der Waals surface area contributed by atoms with Gasteiger partial charge in [-0.3, -0.25) is 0 Å². The molecule has 1 atom stereocenters. The van der Waals surface area contributed by atoms with Crippen molar-refractivity contribution in [2.24, 2.45) is 5.92 Å². The maximum absolute atomic E-state index is 11.8. The van der Waals surface area contributed by atoms with Crippen LogP contribution in [0.15, 0.2) is 0 Å². The number of nitrogens with one attached hydrogen (secondary N) is 1. The molecule has 1 saturated carbocycles. The van der Waals surface area contributed by atoms with E-state index in [1.165, 1.54) is 0 Å². The topological polar surface area (TPSA) is 66.4 Å². The van der Waals surface area contributed by atoms with Gasteiger partial charge in [0, 0.05) is 6.54 Å². The molecule has 1 rings (SSSR count). The highest BCUT2D eigenvalue weighted by atomic mass is 32.2. The predicted octanol–water partition coefficient (Wildman–Crippen LogP) is 1.26. The Balaban J connectivity index is 2.35. The van der Waals surface area contributed by atoms with Crippen LogP contribution in [0.5, 0.6) is 0 Å². The number of aliphatic hydroxyl groups is 1. The van der Waals surface area contributed by atoms with Crippen molar-refractivity contribution >= 4 is 10.0 Å². The molecule has 16 heavy (non-hydrogen) atoms. The highest BCUT2D eigenvalue weighted by Gasteiger charge is 2.28. The molecule has 5 heteroatoms. The molecule has 0 saturated heterocycles. The Labute approximate surface area is 98.5 Å². The van der Waals surface area contributed by atoms with Gasteiger partial charge in [-0.1, -0.05) is 26.7 Å². The second-order valence-corrected chi connectivity index (χ2v) is 7.13. The van der Waals surface area contributed by atoms with Crippen molar-refractivity contribution in [1.29, 1.82) is 0 Å². The Morgan fingerprint density at radius 1 is 1.31 bits per heavy atom. The summed E-state index contributed by atoms with van der Waals surface area (Å²) in [5.41, 5.74) is 0. The lowest BCUT2D eigenvalue weighted by atomic mass is 10.1. The van der Waals surface area contributed by atoms with Gasteiger partial charge in [-0.05, 0) is 25.2 Å². The largest absolute Gasteiger partial charge is 0.392 e. The maximum Gasteiger partial charge on any atom is 0.214 e. The van der Waals surface area contributed by atoms with Gasteiger partial charge in [-0.15, -0.1) is 0 Å². The molecule has 0 aromatic heterocycles. The zero-order valence-corrected chi connectivity index (χ0v) is 11.0. The number of rotatable bonds is 6. The van der Waals surface area contributed by atoms with E-state index >= 15 is 0 Å². The van der Waals surface area contributed by atoms with Crippen LogP contribution in [0.4, 0.5) is 0 Å². The smallest absolute Gasteiger partial charge is 0.214 e. The van der Waals surface area contributed by atoms with Gasteiger partial charge >= 0.3 is 0 Å². The van der Waals surface area contributed by atoms with Crippen molar-refractivity contribution < 1.29 is 13.5 Å². The first-order valence-corrected chi connectivity index (χ1v) is 7.63. The molecular weight excluding hydrogens is 226 g/mol. The Kier molecular flexibility index (Phi) is 5.21. The van der Waals surface area contributed by atoms with Gasteiger partial charge in [0.25, 0.3) is 0 Å². The van der Waals surface area contributed by atoms with Crippen LogP contribution in [0.25, 0.3) is 0 Å². The van der Waals surface area contributed by atoms with Crippen molar-refractivity contribution in [3.8, 4) is 0 Å². The summed E-state index contributed by atoms with van der Waals surface area (Å²) in [6.45, 7) is 4.17. The Morgan fingerprint density at radius 2 is 1.88 bits per heavy atom. The summed E-state index contributed by atoms with van der Waals surface area (Å²) >= 11 is 0. The van der Waals surface area contributed by atoms with E-state index in [1.807, 2.05) is 13.8 Å². The Bertz CT molecular complexity index is 294. The van der Waals surface area contributed by atoms with Crippen LogP contribution < -0.4 is 4.72 Å². The van der Waals surface area contributed by atoms with Crippen LogP contribution in [0.3, 0.4) is 0 Å². The van der Waals surface area contributed by atoms with Gasteiger partial charge < -0.3 is 5.11 Å². The molecule has 0 spiro atoms. The molecule has 2 N–H and O–H groups in total. The fraction of sp³-hybridized carbons (Fsp3) is 1.00. The lowest BCUT2D eigenvalue weighted by Gasteiger charge is -2.16. The van der Waals surface area contributed by atoms with E-state index in [0.717, 1.165) is 25.7 Å². The summed E-state index contributed by atoms with van der Waals surface area (Å²) in [6.07, 6.45) is 3.58. The van der Waals surface area contributed by atoms with Crippen molar-refractivity contribution in [2.45, 2.75) is 57.3 Å². The SMILES string of the molecule is CC(C)CC(O)CNS(=O)(=O)C1CCCC1. The average Bonchev–Trinajstić information content (AvgIpc) is 2.67. The molecule has 0 amide bonds. The summed E-state index contributed by atoms with van der Waals surface area (Å²) in [5.74, 6) is 0.381. The van der Waals surface area contributed by atoms with Crippen LogP contribution >= 0.6 is 0 Å². The van der Waals surface area contributed by atoms with E-state index in [4.69, 9.17) is 0 Å². The summed E-state index contributed by atoms with van der Waals surface area (Å²) in [5, 5.41) is 9.36. The third-order valence-corrected chi connectivity index (χ3v) is 4.92. The molecule has 1 aliphatic rings. The summed E-state index contributed by atoms with van der Waals surface area (Å²) in [7, 11) is -3.20. The Morgan fingerprint density at radius 3 is 2.38 bits per heavy atom. The highest BCUT2D eigenvalue weighted by Crippen LogP contribution is 2.23. The second kappa shape index (κ2) is 5.98. The van der Waals surface area contributed by atoms with E-state index in [0.29, 0.717) is 12.3 Å². The van der Waals surface area contributed by atoms with E-state index in [9.17, 15) is 13.5 Å². The molecule has 1 fully saturated rings. The maximum atomic E-state index is 11.8. The van der Waals surface area contributed by atoms with E-state index < -0.39 is 16.1 Å². The van der Waals surface area contributed by atoms with Crippen molar-refractivity contribution in [1.82, 2.24) is 4.72 Å². The molecule has 4 nitrogen and oxygen atoms in total. The first kappa shape index (κ1) is 13.9. The second-order valence-electron chi connectivity index (χ2n) is 5.08. The van der Waals surface area contributed by atoms with Crippen LogP contribution in [-0.4, -0.2) is 31.4 Å². The van der Waals surface area contributed by atoms with Gasteiger partial charge in [0.2, 0.25) is 10.0 Å². The minimum Gasteiger partial charge on any atom is -0.392 e. The Hall–Kier alpha value is -0.130. The number of aliphatic hydroxyl groups excluding tert-OH is 1. The van der Waals surface area contributed by atoms with Gasteiger partial charge in [0.05, 0.1) is 11.4 Å².